The number of hydrogen-bond acceptors (Lipinski definition) is 4. The summed E-state index contributed by atoms with van der Waals surface area (Å²) in [6.45, 7) is 3.07. The summed E-state index contributed by atoms with van der Waals surface area (Å²) in [7, 11) is 0. The second kappa shape index (κ2) is 8.17. The van der Waals surface area contributed by atoms with Crippen molar-refractivity contribution in [2.24, 2.45) is 0 Å². The summed E-state index contributed by atoms with van der Waals surface area (Å²) >= 11 is 20.0. The Balaban J connectivity index is 1.78. The van der Waals surface area contributed by atoms with Crippen LogP contribution >= 0.6 is 46.1 Å². The first kappa shape index (κ1) is 19.9. The highest BCUT2D eigenvalue weighted by molar-refractivity contribution is 7.22. The van der Waals surface area contributed by atoms with E-state index in [4.69, 9.17) is 44.5 Å². The highest BCUT2D eigenvalue weighted by Gasteiger charge is 2.28. The van der Waals surface area contributed by atoms with Crippen molar-refractivity contribution in [3.8, 4) is 0 Å². The average Bonchev–Trinajstić information content (AvgIpc) is 3.30. The molecule has 0 N–H and O–H groups in total. The molecule has 3 aromatic rings. The van der Waals surface area contributed by atoms with Gasteiger partial charge in [0.15, 0.2) is 5.13 Å². The molecular weight excluding hydrogens is 439 g/mol. The fourth-order valence-electron chi connectivity index (χ4n) is 3.30. The van der Waals surface area contributed by atoms with E-state index >= 15 is 0 Å². The molecule has 1 fully saturated rings. The molecule has 1 unspecified atom stereocenters. The number of ether oxygens (including phenoxy) is 1. The van der Waals surface area contributed by atoms with Crippen molar-refractivity contribution in [2.45, 2.75) is 25.9 Å². The van der Waals surface area contributed by atoms with Crippen LogP contribution in [0.5, 0.6) is 0 Å². The standard InChI is InChI=1S/C20H17Cl3N2O2S/c1-11-7-13(22)9-17-18(11)24-20(28-17)25(10-14-3-2-6-27-14)19(26)15-8-12(21)4-5-16(15)23/h4-5,7-9,14H,2-3,6,10H2,1H3. The Hall–Kier alpha value is -1.37. The molecule has 28 heavy (non-hydrogen) atoms. The smallest absolute Gasteiger partial charge is 0.261 e. The molecule has 8 heteroatoms. The molecule has 1 amide bonds. The predicted octanol–water partition coefficient (Wildman–Crippen LogP) is 6.39. The van der Waals surface area contributed by atoms with Crippen LogP contribution in [0.2, 0.25) is 15.1 Å². The van der Waals surface area contributed by atoms with Gasteiger partial charge >= 0.3 is 0 Å². The fourth-order valence-corrected chi connectivity index (χ4v) is 5.10. The van der Waals surface area contributed by atoms with E-state index in [9.17, 15) is 4.79 Å². The number of benzene rings is 2. The van der Waals surface area contributed by atoms with E-state index in [1.54, 1.807) is 23.1 Å². The van der Waals surface area contributed by atoms with Crippen LogP contribution in [0.4, 0.5) is 5.13 Å². The van der Waals surface area contributed by atoms with Crippen molar-refractivity contribution >= 4 is 67.4 Å². The first-order chi connectivity index (χ1) is 13.4. The predicted molar refractivity (Wildman–Crippen MR) is 116 cm³/mol. The van der Waals surface area contributed by atoms with Crippen LogP contribution in [-0.4, -0.2) is 30.1 Å². The van der Waals surface area contributed by atoms with E-state index in [2.05, 4.69) is 0 Å². The highest BCUT2D eigenvalue weighted by atomic mass is 35.5. The molecule has 1 aliphatic rings. The molecule has 1 saturated heterocycles. The number of aryl methyl sites for hydroxylation is 1. The van der Waals surface area contributed by atoms with Gasteiger partial charge in [-0.15, -0.1) is 0 Å². The van der Waals surface area contributed by atoms with E-state index < -0.39 is 0 Å². The maximum atomic E-state index is 13.4. The summed E-state index contributed by atoms with van der Waals surface area (Å²) in [6, 6.07) is 8.61. The zero-order valence-corrected chi connectivity index (χ0v) is 18.1. The molecule has 0 saturated carbocycles. The van der Waals surface area contributed by atoms with Gasteiger partial charge < -0.3 is 4.74 Å². The highest BCUT2D eigenvalue weighted by Crippen LogP contribution is 2.35. The number of thiazole rings is 1. The first-order valence-corrected chi connectivity index (χ1v) is 10.8. The zero-order chi connectivity index (χ0) is 19.8. The van der Waals surface area contributed by atoms with Gasteiger partial charge in [0, 0.05) is 16.7 Å². The van der Waals surface area contributed by atoms with Crippen LogP contribution in [-0.2, 0) is 4.74 Å². The summed E-state index contributed by atoms with van der Waals surface area (Å²) < 4.78 is 6.70. The van der Waals surface area contributed by atoms with E-state index in [1.165, 1.54) is 11.3 Å². The summed E-state index contributed by atoms with van der Waals surface area (Å²) in [5, 5.41) is 2.05. The normalized spacial score (nSPS) is 16.6. The Morgan fingerprint density at radius 3 is 2.82 bits per heavy atom. The van der Waals surface area contributed by atoms with E-state index in [-0.39, 0.29) is 12.0 Å². The van der Waals surface area contributed by atoms with Crippen molar-refractivity contribution in [2.75, 3.05) is 18.1 Å². The lowest BCUT2D eigenvalue weighted by molar-refractivity contribution is 0.0917. The molecular formula is C20H17Cl3N2O2S. The van der Waals surface area contributed by atoms with Gasteiger partial charge in [-0.25, -0.2) is 4.98 Å². The minimum atomic E-state index is -0.245. The Morgan fingerprint density at radius 1 is 1.25 bits per heavy atom. The van der Waals surface area contributed by atoms with Gasteiger partial charge in [-0.2, -0.15) is 0 Å². The Bertz CT molecular complexity index is 1050. The van der Waals surface area contributed by atoms with Gasteiger partial charge in [0.05, 0.1) is 33.5 Å². The number of halogens is 3. The Kier molecular flexibility index (Phi) is 5.81. The number of carbonyl (C=O) groups is 1. The largest absolute Gasteiger partial charge is 0.376 e. The fraction of sp³-hybridized carbons (Fsp3) is 0.300. The molecule has 4 rings (SSSR count). The van der Waals surface area contributed by atoms with Crippen LogP contribution in [0.15, 0.2) is 30.3 Å². The van der Waals surface area contributed by atoms with Crippen molar-refractivity contribution in [1.29, 1.82) is 0 Å². The number of hydrogen-bond donors (Lipinski definition) is 0. The maximum Gasteiger partial charge on any atom is 0.261 e. The topological polar surface area (TPSA) is 42.4 Å². The molecule has 4 nitrogen and oxygen atoms in total. The molecule has 0 bridgehead atoms. The van der Waals surface area contributed by atoms with E-state index in [0.29, 0.717) is 38.9 Å². The molecule has 0 spiro atoms. The SMILES string of the molecule is Cc1cc(Cl)cc2sc(N(CC3CCCO3)C(=O)c3cc(Cl)ccc3Cl)nc12. The second-order valence-electron chi connectivity index (χ2n) is 6.74. The second-order valence-corrected chi connectivity index (χ2v) is 9.03. The molecule has 0 aliphatic carbocycles. The van der Waals surface area contributed by atoms with Crippen molar-refractivity contribution in [1.82, 2.24) is 4.98 Å². The number of aromatic nitrogens is 1. The quantitative estimate of drug-likeness (QED) is 0.458. The number of rotatable bonds is 4. The Labute approximate surface area is 182 Å². The monoisotopic (exact) mass is 454 g/mol. The van der Waals surface area contributed by atoms with E-state index in [1.807, 2.05) is 19.1 Å². The molecule has 1 aliphatic heterocycles. The number of amides is 1. The summed E-state index contributed by atoms with van der Waals surface area (Å²) in [5.74, 6) is -0.245. The lowest BCUT2D eigenvalue weighted by Crippen LogP contribution is -2.37. The summed E-state index contributed by atoms with van der Waals surface area (Å²) in [5.41, 5.74) is 2.16. The van der Waals surface area contributed by atoms with Gasteiger partial charge in [0.1, 0.15) is 0 Å². The Morgan fingerprint density at radius 2 is 2.07 bits per heavy atom. The molecule has 0 radical (unpaired) electrons. The molecule has 2 heterocycles. The minimum Gasteiger partial charge on any atom is -0.376 e. The summed E-state index contributed by atoms with van der Waals surface area (Å²) in [6.07, 6.45) is 1.86. The zero-order valence-electron chi connectivity index (χ0n) is 15.0. The minimum absolute atomic E-state index is 0.0291. The third-order valence-corrected chi connectivity index (χ3v) is 6.49. The lowest BCUT2D eigenvalue weighted by atomic mass is 10.1. The van der Waals surface area contributed by atoms with Crippen LogP contribution in [0.1, 0.15) is 28.8 Å². The molecule has 2 aromatic carbocycles. The van der Waals surface area contributed by atoms with Gasteiger partial charge in [-0.3, -0.25) is 9.69 Å². The maximum absolute atomic E-state index is 13.4. The number of carbonyl (C=O) groups excluding carboxylic acids is 1. The summed E-state index contributed by atoms with van der Waals surface area (Å²) in [4.78, 5) is 19.8. The number of nitrogens with zero attached hydrogens (tertiary/aromatic N) is 2. The molecule has 146 valence electrons. The molecule has 1 aromatic heterocycles. The van der Waals surface area contributed by atoms with Crippen LogP contribution in [0.25, 0.3) is 10.2 Å². The third kappa shape index (κ3) is 4.00. The average molecular weight is 456 g/mol. The van der Waals surface area contributed by atoms with Gasteiger partial charge in [-0.1, -0.05) is 46.1 Å². The van der Waals surface area contributed by atoms with Crippen molar-refractivity contribution in [3.05, 3.63) is 56.5 Å². The third-order valence-electron chi connectivity index (χ3n) is 4.68. The van der Waals surface area contributed by atoms with Gasteiger partial charge in [0.25, 0.3) is 5.91 Å². The number of anilines is 1. The van der Waals surface area contributed by atoms with Crippen molar-refractivity contribution in [3.63, 3.8) is 0 Å². The molecule has 1 atom stereocenters. The first-order valence-electron chi connectivity index (χ1n) is 8.87. The van der Waals surface area contributed by atoms with Crippen molar-refractivity contribution < 1.29 is 9.53 Å². The van der Waals surface area contributed by atoms with Gasteiger partial charge in [0.2, 0.25) is 0 Å². The van der Waals surface area contributed by atoms with Crippen LogP contribution in [0.3, 0.4) is 0 Å². The van der Waals surface area contributed by atoms with Crippen LogP contribution < -0.4 is 4.90 Å². The van der Waals surface area contributed by atoms with Gasteiger partial charge in [-0.05, 0) is 55.7 Å². The number of fused-ring (bicyclic) bond motifs is 1. The lowest BCUT2D eigenvalue weighted by Gasteiger charge is -2.23. The van der Waals surface area contributed by atoms with Crippen LogP contribution in [0, 0.1) is 6.92 Å². The van der Waals surface area contributed by atoms with E-state index in [0.717, 1.165) is 28.6 Å².